The fourth-order valence-corrected chi connectivity index (χ4v) is 3.18. The molecule has 0 spiro atoms. The summed E-state index contributed by atoms with van der Waals surface area (Å²) < 4.78 is 31.8. The van der Waals surface area contributed by atoms with E-state index >= 15 is 0 Å². The minimum absolute atomic E-state index is 0.00905. The standard InChI is InChI=1S/C15H23N3O6S/c1-15(2,3)24-14(19)11(16)7-6-10-17-25(22,23)13-9-5-4-8-12(13)18(20)21/h4-5,8-9,11,17H,6-7,10,16H2,1-3H3/t11-/m0/s1. The number of nitro groups is 1. The van der Waals surface area contributed by atoms with Crippen LogP contribution >= 0.6 is 0 Å². The number of hydrogen-bond acceptors (Lipinski definition) is 7. The van der Waals surface area contributed by atoms with Crippen molar-refractivity contribution in [2.45, 2.75) is 50.2 Å². The van der Waals surface area contributed by atoms with Crippen LogP contribution in [0.2, 0.25) is 0 Å². The summed E-state index contributed by atoms with van der Waals surface area (Å²) in [6.07, 6.45) is 0.495. The van der Waals surface area contributed by atoms with E-state index in [9.17, 15) is 23.3 Å². The Morgan fingerprint density at radius 2 is 1.96 bits per heavy atom. The van der Waals surface area contributed by atoms with Crippen LogP contribution in [-0.4, -0.2) is 37.5 Å². The Balaban J connectivity index is 2.59. The van der Waals surface area contributed by atoms with Crippen LogP contribution < -0.4 is 10.5 Å². The maximum Gasteiger partial charge on any atom is 0.323 e. The van der Waals surface area contributed by atoms with Crippen molar-refractivity contribution >= 4 is 21.7 Å². The van der Waals surface area contributed by atoms with Gasteiger partial charge in [-0.3, -0.25) is 14.9 Å². The SMILES string of the molecule is CC(C)(C)OC(=O)[C@@H](N)CCCNS(=O)(=O)c1ccccc1[N+](=O)[O-]. The molecule has 1 aromatic carbocycles. The lowest BCUT2D eigenvalue weighted by Crippen LogP contribution is -2.38. The second kappa shape index (κ2) is 8.37. The Hall–Kier alpha value is -2.04. The smallest absolute Gasteiger partial charge is 0.323 e. The molecular weight excluding hydrogens is 350 g/mol. The van der Waals surface area contributed by atoms with E-state index in [1.165, 1.54) is 12.1 Å². The second-order valence-corrected chi connectivity index (χ2v) is 8.14. The summed E-state index contributed by atoms with van der Waals surface area (Å²) >= 11 is 0. The van der Waals surface area contributed by atoms with Crippen LogP contribution in [-0.2, 0) is 19.6 Å². The summed E-state index contributed by atoms with van der Waals surface area (Å²) in [4.78, 5) is 21.5. The molecule has 0 bridgehead atoms. The minimum atomic E-state index is -4.03. The number of nitrogens with one attached hydrogen (secondary N) is 1. The van der Waals surface area contributed by atoms with Crippen molar-refractivity contribution in [1.29, 1.82) is 0 Å². The van der Waals surface area contributed by atoms with Crippen LogP contribution in [0, 0.1) is 10.1 Å². The lowest BCUT2D eigenvalue weighted by Gasteiger charge is -2.22. The number of benzene rings is 1. The second-order valence-electron chi connectivity index (χ2n) is 6.40. The van der Waals surface area contributed by atoms with Crippen molar-refractivity contribution in [3.63, 3.8) is 0 Å². The first-order valence-electron chi connectivity index (χ1n) is 7.65. The van der Waals surface area contributed by atoms with E-state index < -0.39 is 43.1 Å². The Bertz CT molecular complexity index is 727. The van der Waals surface area contributed by atoms with E-state index in [0.29, 0.717) is 0 Å². The first-order chi connectivity index (χ1) is 11.4. The molecule has 0 saturated carbocycles. The fraction of sp³-hybridized carbons (Fsp3) is 0.533. The number of nitro benzene ring substituents is 1. The number of hydrogen-bond donors (Lipinski definition) is 2. The van der Waals surface area contributed by atoms with Gasteiger partial charge in [0.05, 0.1) is 4.92 Å². The van der Waals surface area contributed by atoms with Gasteiger partial charge in [0, 0.05) is 12.6 Å². The van der Waals surface area contributed by atoms with Crippen LogP contribution in [0.4, 0.5) is 5.69 Å². The third-order valence-corrected chi connectivity index (χ3v) is 4.55. The maximum atomic E-state index is 12.2. The highest BCUT2D eigenvalue weighted by atomic mass is 32.2. The average Bonchev–Trinajstić information content (AvgIpc) is 2.49. The predicted octanol–water partition coefficient (Wildman–Crippen LogP) is 1.32. The summed E-state index contributed by atoms with van der Waals surface area (Å²) in [5.74, 6) is -0.561. The van der Waals surface area contributed by atoms with Gasteiger partial charge in [0.25, 0.3) is 5.69 Å². The largest absolute Gasteiger partial charge is 0.459 e. The molecule has 0 aliphatic heterocycles. The molecule has 25 heavy (non-hydrogen) atoms. The van der Waals surface area contributed by atoms with Crippen molar-refractivity contribution in [3.8, 4) is 0 Å². The number of nitrogens with zero attached hydrogens (tertiary/aromatic N) is 1. The van der Waals surface area contributed by atoms with Crippen molar-refractivity contribution in [2.24, 2.45) is 5.73 Å². The van der Waals surface area contributed by atoms with E-state index in [4.69, 9.17) is 10.5 Å². The molecule has 0 saturated heterocycles. The molecule has 0 aromatic heterocycles. The van der Waals surface area contributed by atoms with Gasteiger partial charge in [0.2, 0.25) is 10.0 Å². The van der Waals surface area contributed by atoms with Crippen LogP contribution in [0.15, 0.2) is 29.2 Å². The maximum absolute atomic E-state index is 12.2. The molecule has 3 N–H and O–H groups in total. The summed E-state index contributed by atoms with van der Waals surface area (Å²) in [6, 6.07) is 4.20. The number of para-hydroxylation sites is 1. The first-order valence-corrected chi connectivity index (χ1v) is 9.14. The molecule has 1 rings (SSSR count). The van der Waals surface area contributed by atoms with E-state index in [1.807, 2.05) is 0 Å². The first kappa shape index (κ1) is 21.0. The van der Waals surface area contributed by atoms with Crippen molar-refractivity contribution in [2.75, 3.05) is 6.54 Å². The predicted molar refractivity (Wildman–Crippen MR) is 91.3 cm³/mol. The highest BCUT2D eigenvalue weighted by Crippen LogP contribution is 2.22. The van der Waals surface area contributed by atoms with Crippen molar-refractivity contribution in [3.05, 3.63) is 34.4 Å². The third-order valence-electron chi connectivity index (χ3n) is 3.04. The zero-order valence-electron chi connectivity index (χ0n) is 14.4. The molecule has 0 radical (unpaired) electrons. The lowest BCUT2D eigenvalue weighted by atomic mass is 10.1. The van der Waals surface area contributed by atoms with Gasteiger partial charge in [-0.05, 0) is 39.7 Å². The molecule has 1 atom stereocenters. The highest BCUT2D eigenvalue weighted by molar-refractivity contribution is 7.89. The van der Waals surface area contributed by atoms with Gasteiger partial charge in [-0.2, -0.15) is 0 Å². The molecule has 0 aliphatic carbocycles. The Kier molecular flexibility index (Phi) is 7.03. The molecule has 0 fully saturated rings. The zero-order chi connectivity index (χ0) is 19.3. The number of carbonyl (C=O) groups excluding carboxylic acids is 1. The van der Waals surface area contributed by atoms with E-state index in [2.05, 4.69) is 4.72 Å². The van der Waals surface area contributed by atoms with Crippen molar-refractivity contribution in [1.82, 2.24) is 4.72 Å². The highest BCUT2D eigenvalue weighted by Gasteiger charge is 2.25. The lowest BCUT2D eigenvalue weighted by molar-refractivity contribution is -0.387. The van der Waals surface area contributed by atoms with Gasteiger partial charge in [-0.25, -0.2) is 13.1 Å². The topological polar surface area (TPSA) is 142 Å². The molecule has 10 heteroatoms. The zero-order valence-corrected chi connectivity index (χ0v) is 15.2. The normalized spacial score (nSPS) is 13.3. The molecule has 9 nitrogen and oxygen atoms in total. The summed E-state index contributed by atoms with van der Waals surface area (Å²) in [7, 11) is -4.03. The van der Waals surface area contributed by atoms with E-state index in [1.54, 1.807) is 20.8 Å². The molecule has 140 valence electrons. The number of esters is 1. The van der Waals surface area contributed by atoms with Gasteiger partial charge in [-0.15, -0.1) is 0 Å². The van der Waals surface area contributed by atoms with Crippen molar-refractivity contribution < 1.29 is 22.9 Å². The van der Waals surface area contributed by atoms with Gasteiger partial charge >= 0.3 is 5.97 Å². The molecule has 0 unspecified atom stereocenters. The Morgan fingerprint density at radius 1 is 1.36 bits per heavy atom. The third kappa shape index (κ3) is 6.77. The van der Waals surface area contributed by atoms with Gasteiger partial charge in [0.1, 0.15) is 11.6 Å². The molecule has 0 aliphatic rings. The van der Waals surface area contributed by atoms with E-state index in [0.717, 1.165) is 12.1 Å². The molecule has 1 aromatic rings. The monoisotopic (exact) mass is 373 g/mol. The number of rotatable bonds is 8. The Labute approximate surface area is 146 Å². The quantitative estimate of drug-likeness (QED) is 0.303. The molecule has 0 amide bonds. The minimum Gasteiger partial charge on any atom is -0.459 e. The number of sulfonamides is 1. The Morgan fingerprint density at radius 3 is 2.52 bits per heavy atom. The van der Waals surface area contributed by atoms with Gasteiger partial charge in [-0.1, -0.05) is 12.1 Å². The van der Waals surface area contributed by atoms with Crippen LogP contribution in [0.1, 0.15) is 33.6 Å². The van der Waals surface area contributed by atoms with Crippen LogP contribution in [0.3, 0.4) is 0 Å². The van der Waals surface area contributed by atoms with Gasteiger partial charge < -0.3 is 10.5 Å². The summed E-state index contributed by atoms with van der Waals surface area (Å²) in [5, 5.41) is 10.9. The van der Waals surface area contributed by atoms with Crippen LogP contribution in [0.25, 0.3) is 0 Å². The fourth-order valence-electron chi connectivity index (χ4n) is 1.94. The number of nitrogens with two attached hydrogens (primary N) is 1. The summed E-state index contributed by atoms with van der Waals surface area (Å²) in [6.45, 7) is 5.15. The molecule has 0 heterocycles. The average molecular weight is 373 g/mol. The molecular formula is C15H23N3O6S. The number of ether oxygens (including phenoxy) is 1. The number of carbonyl (C=O) groups is 1. The van der Waals surface area contributed by atoms with Gasteiger partial charge in [0.15, 0.2) is 4.90 Å². The van der Waals surface area contributed by atoms with E-state index in [-0.39, 0.29) is 19.4 Å². The summed E-state index contributed by atoms with van der Waals surface area (Å²) in [5.41, 5.74) is 4.56. The van der Waals surface area contributed by atoms with Crippen LogP contribution in [0.5, 0.6) is 0 Å².